The van der Waals surface area contributed by atoms with Crippen LogP contribution in [0.15, 0.2) is 18.2 Å². The summed E-state index contributed by atoms with van der Waals surface area (Å²) < 4.78 is 0. The van der Waals surface area contributed by atoms with Crippen LogP contribution < -0.4 is 5.73 Å². The Kier molecular flexibility index (Phi) is 2.74. The topological polar surface area (TPSA) is 26.0 Å². The van der Waals surface area contributed by atoms with Gasteiger partial charge in [-0.25, -0.2) is 0 Å². The molecule has 1 heteroatoms. The lowest BCUT2D eigenvalue weighted by atomic mass is 9.76. The first-order valence-corrected chi connectivity index (χ1v) is 7.11. The largest absolute Gasteiger partial charge is 0.321 e. The molecule has 0 saturated heterocycles. The molecule has 0 radical (unpaired) electrons. The third-order valence-electron chi connectivity index (χ3n) is 4.84. The molecule has 0 spiro atoms. The van der Waals surface area contributed by atoms with E-state index in [1.54, 1.807) is 11.1 Å². The van der Waals surface area contributed by atoms with E-state index in [1.807, 2.05) is 0 Å². The van der Waals surface area contributed by atoms with Crippen LogP contribution in [0, 0.1) is 0 Å². The number of aryl methyl sites for hydroxylation is 1. The molecule has 0 bridgehead atoms. The zero-order valence-corrected chi connectivity index (χ0v) is 10.8. The normalized spacial score (nSPS) is 26.8. The number of hydrogen-bond donors (Lipinski definition) is 1. The summed E-state index contributed by atoms with van der Waals surface area (Å²) in [5.41, 5.74) is 11.1. The summed E-state index contributed by atoms with van der Waals surface area (Å²) >= 11 is 0. The van der Waals surface area contributed by atoms with Gasteiger partial charge in [0.2, 0.25) is 0 Å². The minimum absolute atomic E-state index is 0.0322. The Morgan fingerprint density at radius 1 is 1.18 bits per heavy atom. The molecule has 2 N–H and O–H groups in total. The minimum Gasteiger partial charge on any atom is -0.321 e. The molecule has 1 unspecified atom stereocenters. The van der Waals surface area contributed by atoms with Crippen LogP contribution in [-0.2, 0) is 12.0 Å². The maximum Gasteiger partial charge on any atom is 0.0409 e. The van der Waals surface area contributed by atoms with Crippen molar-refractivity contribution in [3.05, 3.63) is 34.9 Å². The molecule has 0 aliphatic heterocycles. The lowest BCUT2D eigenvalue weighted by Crippen LogP contribution is -2.38. The highest BCUT2D eigenvalue weighted by molar-refractivity contribution is 5.40. The molecule has 2 aliphatic carbocycles. The van der Waals surface area contributed by atoms with Crippen molar-refractivity contribution in [1.82, 2.24) is 0 Å². The maximum absolute atomic E-state index is 6.62. The fourth-order valence-corrected chi connectivity index (χ4v) is 3.59. The number of benzene rings is 1. The van der Waals surface area contributed by atoms with Gasteiger partial charge in [0.25, 0.3) is 0 Å². The van der Waals surface area contributed by atoms with Crippen molar-refractivity contribution in [3.63, 3.8) is 0 Å². The molecule has 0 amide bonds. The first kappa shape index (κ1) is 11.3. The van der Waals surface area contributed by atoms with Gasteiger partial charge in [0.1, 0.15) is 0 Å². The second-order valence-electron chi connectivity index (χ2n) is 6.07. The van der Waals surface area contributed by atoms with Gasteiger partial charge >= 0.3 is 0 Å². The van der Waals surface area contributed by atoms with Gasteiger partial charge in [-0.2, -0.15) is 0 Å². The summed E-state index contributed by atoms with van der Waals surface area (Å²) in [6, 6.07) is 7.04. The number of hydrogen-bond acceptors (Lipinski definition) is 1. The van der Waals surface area contributed by atoms with E-state index in [4.69, 9.17) is 5.73 Å². The van der Waals surface area contributed by atoms with Gasteiger partial charge in [-0.1, -0.05) is 44.4 Å². The third-order valence-corrected chi connectivity index (χ3v) is 4.84. The molecule has 2 aliphatic rings. The zero-order chi connectivity index (χ0) is 11.9. The van der Waals surface area contributed by atoms with E-state index < -0.39 is 0 Å². The van der Waals surface area contributed by atoms with Crippen LogP contribution in [0.3, 0.4) is 0 Å². The highest BCUT2D eigenvalue weighted by Crippen LogP contribution is 2.39. The Morgan fingerprint density at radius 3 is 2.71 bits per heavy atom. The van der Waals surface area contributed by atoms with E-state index in [-0.39, 0.29) is 5.54 Å². The summed E-state index contributed by atoms with van der Waals surface area (Å²) in [5, 5.41) is 0. The zero-order valence-electron chi connectivity index (χ0n) is 10.8. The molecule has 1 aromatic rings. The van der Waals surface area contributed by atoms with Gasteiger partial charge in [0.15, 0.2) is 0 Å². The Bertz CT molecular complexity index is 416. The SMILES string of the molecule is CC1CCc2ccc(C3(N)CCCCC3)cc21. The molecule has 17 heavy (non-hydrogen) atoms. The highest BCUT2D eigenvalue weighted by Gasteiger charge is 2.30. The van der Waals surface area contributed by atoms with Gasteiger partial charge in [-0.15, -0.1) is 0 Å². The summed E-state index contributed by atoms with van der Waals surface area (Å²) in [6.45, 7) is 2.35. The van der Waals surface area contributed by atoms with Crippen molar-refractivity contribution in [3.8, 4) is 0 Å². The predicted molar refractivity (Wildman–Crippen MR) is 72.1 cm³/mol. The maximum atomic E-state index is 6.62. The number of rotatable bonds is 1. The monoisotopic (exact) mass is 229 g/mol. The first-order chi connectivity index (χ1) is 8.19. The molecule has 1 nitrogen and oxygen atoms in total. The van der Waals surface area contributed by atoms with Gasteiger partial charge < -0.3 is 5.73 Å². The van der Waals surface area contributed by atoms with Crippen LogP contribution in [-0.4, -0.2) is 0 Å². The van der Waals surface area contributed by atoms with Crippen molar-refractivity contribution in [2.45, 2.75) is 63.3 Å². The minimum atomic E-state index is -0.0322. The van der Waals surface area contributed by atoms with Crippen LogP contribution in [0.5, 0.6) is 0 Å². The smallest absolute Gasteiger partial charge is 0.0409 e. The van der Waals surface area contributed by atoms with Crippen LogP contribution in [0.2, 0.25) is 0 Å². The Morgan fingerprint density at radius 2 is 1.94 bits per heavy atom. The van der Waals surface area contributed by atoms with Crippen molar-refractivity contribution in [1.29, 1.82) is 0 Å². The second-order valence-corrected chi connectivity index (χ2v) is 6.07. The van der Waals surface area contributed by atoms with Gasteiger partial charge in [0, 0.05) is 5.54 Å². The molecular formula is C16H23N. The Labute approximate surface area is 104 Å². The van der Waals surface area contributed by atoms with Crippen LogP contribution in [0.25, 0.3) is 0 Å². The molecule has 92 valence electrons. The van der Waals surface area contributed by atoms with E-state index in [0.717, 1.165) is 5.92 Å². The Hall–Kier alpha value is -0.820. The first-order valence-electron chi connectivity index (χ1n) is 7.11. The second kappa shape index (κ2) is 4.13. The van der Waals surface area contributed by atoms with Gasteiger partial charge in [-0.3, -0.25) is 0 Å². The highest BCUT2D eigenvalue weighted by atomic mass is 14.7. The van der Waals surface area contributed by atoms with Crippen molar-refractivity contribution in [2.24, 2.45) is 5.73 Å². The Balaban J connectivity index is 1.96. The fourth-order valence-electron chi connectivity index (χ4n) is 3.59. The number of nitrogens with two attached hydrogens (primary N) is 1. The molecule has 1 fully saturated rings. The summed E-state index contributed by atoms with van der Waals surface area (Å²) in [4.78, 5) is 0. The molecule has 0 heterocycles. The molecular weight excluding hydrogens is 206 g/mol. The fraction of sp³-hybridized carbons (Fsp3) is 0.625. The molecule has 1 aromatic carbocycles. The van der Waals surface area contributed by atoms with E-state index in [1.165, 1.54) is 50.5 Å². The average molecular weight is 229 g/mol. The van der Waals surface area contributed by atoms with Crippen molar-refractivity contribution >= 4 is 0 Å². The number of fused-ring (bicyclic) bond motifs is 1. The van der Waals surface area contributed by atoms with Crippen LogP contribution >= 0.6 is 0 Å². The third kappa shape index (κ3) is 1.91. The van der Waals surface area contributed by atoms with Gasteiger partial charge in [0.05, 0.1) is 0 Å². The lowest BCUT2D eigenvalue weighted by Gasteiger charge is -2.34. The van der Waals surface area contributed by atoms with E-state index >= 15 is 0 Å². The van der Waals surface area contributed by atoms with E-state index in [2.05, 4.69) is 25.1 Å². The predicted octanol–water partition coefficient (Wildman–Crippen LogP) is 3.85. The quantitative estimate of drug-likeness (QED) is 0.777. The van der Waals surface area contributed by atoms with E-state index in [9.17, 15) is 0 Å². The van der Waals surface area contributed by atoms with Crippen LogP contribution in [0.1, 0.15) is 68.1 Å². The van der Waals surface area contributed by atoms with Crippen molar-refractivity contribution < 1.29 is 0 Å². The molecule has 1 saturated carbocycles. The molecule has 3 rings (SSSR count). The standard InChI is InChI=1S/C16H23N/c1-12-5-6-13-7-8-14(11-15(12)13)16(17)9-3-2-4-10-16/h7-8,11-12H,2-6,9-10,17H2,1H3. The van der Waals surface area contributed by atoms with Gasteiger partial charge in [-0.05, 0) is 48.3 Å². The summed E-state index contributed by atoms with van der Waals surface area (Å²) in [7, 11) is 0. The van der Waals surface area contributed by atoms with E-state index in [0.29, 0.717) is 0 Å². The average Bonchev–Trinajstić information content (AvgIpc) is 2.72. The summed E-state index contributed by atoms with van der Waals surface area (Å²) in [6.07, 6.45) is 8.86. The summed E-state index contributed by atoms with van der Waals surface area (Å²) in [5.74, 6) is 0.733. The lowest BCUT2D eigenvalue weighted by molar-refractivity contribution is 0.302. The molecule has 1 atom stereocenters. The van der Waals surface area contributed by atoms with Crippen LogP contribution in [0.4, 0.5) is 0 Å². The molecule has 0 aromatic heterocycles. The van der Waals surface area contributed by atoms with Crippen molar-refractivity contribution in [2.75, 3.05) is 0 Å².